The number of rotatable bonds is 10. The van der Waals surface area contributed by atoms with Crippen LogP contribution in [0.2, 0.25) is 0 Å². The molecule has 0 saturated carbocycles. The van der Waals surface area contributed by atoms with Crippen molar-refractivity contribution in [3.05, 3.63) is 54.1 Å². The predicted molar refractivity (Wildman–Crippen MR) is 106 cm³/mol. The van der Waals surface area contributed by atoms with Crippen molar-refractivity contribution in [3.8, 4) is 11.5 Å². The van der Waals surface area contributed by atoms with Crippen molar-refractivity contribution in [2.45, 2.75) is 52.6 Å². The molecule has 2 atom stereocenters. The van der Waals surface area contributed by atoms with Gasteiger partial charge in [-0.1, -0.05) is 39.0 Å². The van der Waals surface area contributed by atoms with Crippen LogP contribution in [-0.2, 0) is 0 Å². The lowest BCUT2D eigenvalue weighted by Gasteiger charge is -2.22. The van der Waals surface area contributed by atoms with Gasteiger partial charge in [-0.25, -0.2) is 0 Å². The second kappa shape index (κ2) is 9.97. The van der Waals surface area contributed by atoms with Crippen molar-refractivity contribution in [2.24, 2.45) is 0 Å². The summed E-state index contributed by atoms with van der Waals surface area (Å²) >= 11 is 0. The van der Waals surface area contributed by atoms with Crippen LogP contribution in [0.5, 0.6) is 11.5 Å². The first-order valence-corrected chi connectivity index (χ1v) is 9.40. The molecule has 2 rings (SSSR count). The van der Waals surface area contributed by atoms with Crippen molar-refractivity contribution in [1.29, 1.82) is 0 Å². The first-order chi connectivity index (χ1) is 12.2. The van der Waals surface area contributed by atoms with Crippen LogP contribution in [0.25, 0.3) is 0 Å². The molecular weight excluding hydrogens is 310 g/mol. The molecule has 0 aliphatic heterocycles. The van der Waals surface area contributed by atoms with Gasteiger partial charge in [-0.3, -0.25) is 0 Å². The molecule has 0 spiro atoms. The van der Waals surface area contributed by atoms with Gasteiger partial charge in [0, 0.05) is 5.69 Å². The molecule has 136 valence electrons. The molecule has 3 heteroatoms. The first kappa shape index (κ1) is 19.2. The van der Waals surface area contributed by atoms with Crippen LogP contribution in [0.3, 0.4) is 0 Å². The van der Waals surface area contributed by atoms with Crippen molar-refractivity contribution in [1.82, 2.24) is 0 Å². The second-order valence-corrected chi connectivity index (χ2v) is 6.33. The van der Waals surface area contributed by atoms with Crippen molar-refractivity contribution >= 4 is 5.69 Å². The quantitative estimate of drug-likeness (QED) is 0.586. The average molecular weight is 341 g/mol. The van der Waals surface area contributed by atoms with Gasteiger partial charge in [0.2, 0.25) is 0 Å². The lowest BCUT2D eigenvalue weighted by atomic mass is 9.98. The van der Waals surface area contributed by atoms with Gasteiger partial charge in [0.25, 0.3) is 0 Å². The lowest BCUT2D eigenvalue weighted by molar-refractivity contribution is 0.207. The van der Waals surface area contributed by atoms with E-state index in [1.807, 2.05) is 37.3 Å². The van der Waals surface area contributed by atoms with E-state index in [1.54, 1.807) is 0 Å². The minimum Gasteiger partial charge on any atom is -0.494 e. The summed E-state index contributed by atoms with van der Waals surface area (Å²) < 4.78 is 11.8. The molecular formula is C22H31NO2. The van der Waals surface area contributed by atoms with Crippen LogP contribution in [0, 0.1) is 0 Å². The second-order valence-electron chi connectivity index (χ2n) is 6.33. The number of ether oxygens (including phenoxy) is 2. The fourth-order valence-electron chi connectivity index (χ4n) is 2.73. The summed E-state index contributed by atoms with van der Waals surface area (Å²) in [4.78, 5) is 0. The van der Waals surface area contributed by atoms with Gasteiger partial charge in [0.1, 0.15) is 17.6 Å². The van der Waals surface area contributed by atoms with E-state index in [0.29, 0.717) is 12.5 Å². The smallest absolute Gasteiger partial charge is 0.123 e. The fourth-order valence-corrected chi connectivity index (χ4v) is 2.73. The third kappa shape index (κ3) is 5.70. The number of anilines is 1. The summed E-state index contributed by atoms with van der Waals surface area (Å²) in [5.41, 5.74) is 2.38. The highest BCUT2D eigenvalue weighted by atomic mass is 16.5. The molecule has 25 heavy (non-hydrogen) atoms. The van der Waals surface area contributed by atoms with Gasteiger partial charge in [-0.2, -0.15) is 0 Å². The lowest BCUT2D eigenvalue weighted by Crippen LogP contribution is -2.26. The van der Waals surface area contributed by atoms with Crippen LogP contribution >= 0.6 is 0 Å². The molecule has 0 unspecified atom stereocenters. The average Bonchev–Trinajstić information content (AvgIpc) is 2.66. The summed E-state index contributed by atoms with van der Waals surface area (Å²) in [5.74, 6) is 2.42. The molecule has 2 aromatic carbocycles. The van der Waals surface area contributed by atoms with Gasteiger partial charge in [-0.05, 0) is 61.6 Å². The number of benzene rings is 2. The van der Waals surface area contributed by atoms with E-state index >= 15 is 0 Å². The summed E-state index contributed by atoms with van der Waals surface area (Å²) in [5, 5.41) is 3.47. The first-order valence-electron chi connectivity index (χ1n) is 9.40. The van der Waals surface area contributed by atoms with E-state index in [9.17, 15) is 0 Å². The topological polar surface area (TPSA) is 30.5 Å². The summed E-state index contributed by atoms with van der Waals surface area (Å²) in [7, 11) is 0. The van der Waals surface area contributed by atoms with Gasteiger partial charge >= 0.3 is 0 Å². The zero-order valence-corrected chi connectivity index (χ0v) is 15.9. The Hall–Kier alpha value is -2.16. The van der Waals surface area contributed by atoms with Gasteiger partial charge in [0.15, 0.2) is 0 Å². The van der Waals surface area contributed by atoms with Gasteiger partial charge in [0.05, 0.1) is 13.2 Å². The monoisotopic (exact) mass is 341 g/mol. The SMILES string of the molecule is CCOc1ccc(NC[C@@H](CC)Oc2ccccc2[C@H](C)CC)cc1. The normalized spacial score (nSPS) is 13.1. The Bertz CT molecular complexity index is 624. The zero-order valence-electron chi connectivity index (χ0n) is 15.9. The highest BCUT2D eigenvalue weighted by Gasteiger charge is 2.14. The summed E-state index contributed by atoms with van der Waals surface area (Å²) in [6.45, 7) is 10.1. The summed E-state index contributed by atoms with van der Waals surface area (Å²) in [6, 6.07) is 16.5. The molecule has 0 saturated heterocycles. The molecule has 0 aromatic heterocycles. The third-order valence-corrected chi connectivity index (χ3v) is 4.51. The Labute approximate surface area is 152 Å². The molecule has 0 heterocycles. The molecule has 2 aromatic rings. The third-order valence-electron chi connectivity index (χ3n) is 4.51. The largest absolute Gasteiger partial charge is 0.494 e. The van der Waals surface area contributed by atoms with Crippen LogP contribution in [0.1, 0.15) is 52.0 Å². The van der Waals surface area contributed by atoms with Crippen molar-refractivity contribution in [3.63, 3.8) is 0 Å². The van der Waals surface area contributed by atoms with Crippen molar-refractivity contribution in [2.75, 3.05) is 18.5 Å². The predicted octanol–water partition coefficient (Wildman–Crippen LogP) is 5.87. The minimum atomic E-state index is 0.136. The molecule has 0 bridgehead atoms. The molecule has 1 N–H and O–H groups in total. The standard InChI is InChI=1S/C22H31NO2/c1-5-17(4)21-10-8-9-11-22(21)25-19(6-2)16-23-18-12-14-20(15-13-18)24-7-3/h8-15,17,19,23H,5-7,16H2,1-4H3/t17-,19-/m1/s1. The molecule has 0 aliphatic rings. The van der Waals surface area contributed by atoms with E-state index < -0.39 is 0 Å². The van der Waals surface area contributed by atoms with E-state index in [-0.39, 0.29) is 6.10 Å². The van der Waals surface area contributed by atoms with E-state index in [2.05, 4.69) is 44.3 Å². The molecule has 0 fully saturated rings. The number of para-hydroxylation sites is 1. The Morgan fingerprint density at radius 2 is 1.64 bits per heavy atom. The molecule has 0 amide bonds. The van der Waals surface area contributed by atoms with Crippen LogP contribution in [-0.4, -0.2) is 19.3 Å². The number of hydrogen-bond donors (Lipinski definition) is 1. The highest BCUT2D eigenvalue weighted by Crippen LogP contribution is 2.29. The Kier molecular flexibility index (Phi) is 7.65. The Morgan fingerprint density at radius 3 is 2.28 bits per heavy atom. The summed E-state index contributed by atoms with van der Waals surface area (Å²) in [6.07, 6.45) is 2.21. The molecule has 0 radical (unpaired) electrons. The Morgan fingerprint density at radius 1 is 0.920 bits per heavy atom. The van der Waals surface area contributed by atoms with E-state index in [1.165, 1.54) is 5.56 Å². The van der Waals surface area contributed by atoms with Crippen molar-refractivity contribution < 1.29 is 9.47 Å². The Balaban J connectivity index is 1.96. The van der Waals surface area contributed by atoms with Gasteiger partial charge in [-0.15, -0.1) is 0 Å². The minimum absolute atomic E-state index is 0.136. The van der Waals surface area contributed by atoms with Crippen LogP contribution in [0.15, 0.2) is 48.5 Å². The maximum absolute atomic E-state index is 6.31. The van der Waals surface area contributed by atoms with Crippen LogP contribution in [0.4, 0.5) is 5.69 Å². The van der Waals surface area contributed by atoms with Gasteiger partial charge < -0.3 is 14.8 Å². The number of hydrogen-bond acceptors (Lipinski definition) is 3. The fraction of sp³-hybridized carbons (Fsp3) is 0.455. The van der Waals surface area contributed by atoms with E-state index in [4.69, 9.17) is 9.47 Å². The molecule has 3 nitrogen and oxygen atoms in total. The number of nitrogens with one attached hydrogen (secondary N) is 1. The molecule has 0 aliphatic carbocycles. The van der Waals surface area contributed by atoms with E-state index in [0.717, 1.165) is 36.6 Å². The van der Waals surface area contributed by atoms with Crippen LogP contribution < -0.4 is 14.8 Å². The maximum atomic E-state index is 6.31. The highest BCUT2D eigenvalue weighted by molar-refractivity contribution is 5.46. The maximum Gasteiger partial charge on any atom is 0.123 e. The zero-order chi connectivity index (χ0) is 18.1.